The third-order valence-electron chi connectivity index (χ3n) is 4.04. The molecule has 2 amide bonds. The average Bonchev–Trinajstić information content (AvgIpc) is 2.68. The highest BCUT2D eigenvalue weighted by Crippen LogP contribution is 2.39. The summed E-state index contributed by atoms with van der Waals surface area (Å²) in [5.41, 5.74) is 1.25. The Labute approximate surface area is 175 Å². The third-order valence-corrected chi connectivity index (χ3v) is 4.57. The van der Waals surface area contributed by atoms with Crippen LogP contribution >= 0.6 is 15.9 Å². The lowest BCUT2D eigenvalue weighted by Gasteiger charge is -2.31. The predicted octanol–water partition coefficient (Wildman–Crippen LogP) is 4.67. The molecule has 0 aliphatic rings. The van der Waals surface area contributed by atoms with Crippen molar-refractivity contribution in [2.75, 3.05) is 5.32 Å². The monoisotopic (exact) mass is 466 g/mol. The van der Waals surface area contributed by atoms with E-state index in [1.807, 2.05) is 0 Å². The van der Waals surface area contributed by atoms with Gasteiger partial charge in [-0.1, -0.05) is 41.9 Å². The van der Waals surface area contributed by atoms with E-state index in [0.717, 1.165) is 22.7 Å². The van der Waals surface area contributed by atoms with Gasteiger partial charge in [0.2, 0.25) is 0 Å². The third kappa shape index (κ3) is 6.30. The van der Waals surface area contributed by atoms with Crippen LogP contribution in [-0.4, -0.2) is 22.3 Å². The van der Waals surface area contributed by atoms with Gasteiger partial charge in [0, 0.05) is 21.7 Å². The molecule has 154 valence electrons. The number of hydrogen-bond donors (Lipinski definition) is 4. The van der Waals surface area contributed by atoms with E-state index in [9.17, 15) is 19.1 Å². The number of rotatable bonds is 6. The first-order valence-electron chi connectivity index (χ1n) is 8.47. The van der Waals surface area contributed by atoms with E-state index < -0.39 is 35.1 Å². The summed E-state index contributed by atoms with van der Waals surface area (Å²) in [6, 6.07) is 10.4. The fraction of sp³-hybridized carbons (Fsp3) is 0.200. The van der Waals surface area contributed by atoms with E-state index in [2.05, 4.69) is 21.2 Å². The van der Waals surface area contributed by atoms with Crippen molar-refractivity contribution >= 4 is 33.6 Å². The number of amides is 2. The van der Waals surface area contributed by atoms with Gasteiger partial charge in [-0.15, -0.1) is 0 Å². The first kappa shape index (κ1) is 22.4. The molecule has 0 aliphatic heterocycles. The number of aromatic hydroxyl groups is 1. The van der Waals surface area contributed by atoms with Crippen LogP contribution < -0.4 is 10.8 Å². The number of halogens is 2. The van der Waals surface area contributed by atoms with Crippen LogP contribution in [0.4, 0.5) is 14.9 Å². The van der Waals surface area contributed by atoms with E-state index in [-0.39, 0.29) is 5.56 Å². The number of carbonyl (C=O) groups excluding carboxylic acids is 2. The van der Waals surface area contributed by atoms with Crippen LogP contribution in [0.25, 0.3) is 0 Å². The Morgan fingerprint density at radius 3 is 2.45 bits per heavy atom. The molecule has 0 fully saturated rings. The summed E-state index contributed by atoms with van der Waals surface area (Å²) >= 11 is 3.30. The molecule has 0 spiro atoms. The Bertz CT molecular complexity index is 916. The molecule has 0 heterocycles. The standard InChI is InChI=1S/C20H20BrFN2O5/c1-20(2,10-9-17(26)24-28)18(12-3-8-16(25)15(22)11-12)29-19(27)23-14-6-4-13(21)5-7-14/h3-11,18,25,28H,1-2H3,(H,23,27)(H,24,26)/b10-9+/t18-/m1/s1. The second-order valence-corrected chi connectivity index (χ2v) is 7.67. The SMILES string of the molecule is CC(C)(/C=C/C(=O)NO)[C@H](OC(=O)Nc1ccc(Br)cc1)c1ccc(O)c(F)c1. The summed E-state index contributed by atoms with van der Waals surface area (Å²) in [7, 11) is 0. The van der Waals surface area contributed by atoms with Crippen LogP contribution in [0.1, 0.15) is 25.5 Å². The maximum absolute atomic E-state index is 13.9. The lowest BCUT2D eigenvalue weighted by atomic mass is 9.82. The molecule has 9 heteroatoms. The molecule has 1 atom stereocenters. The highest BCUT2D eigenvalue weighted by Gasteiger charge is 2.33. The van der Waals surface area contributed by atoms with Crippen molar-refractivity contribution in [3.05, 3.63) is 70.5 Å². The van der Waals surface area contributed by atoms with Crippen molar-refractivity contribution in [2.45, 2.75) is 20.0 Å². The fourth-order valence-electron chi connectivity index (χ4n) is 2.54. The number of nitrogens with one attached hydrogen (secondary N) is 2. The molecule has 4 N–H and O–H groups in total. The average molecular weight is 467 g/mol. The summed E-state index contributed by atoms with van der Waals surface area (Å²) in [4.78, 5) is 23.8. The van der Waals surface area contributed by atoms with Crippen LogP contribution in [-0.2, 0) is 9.53 Å². The number of hydrogen-bond acceptors (Lipinski definition) is 5. The Morgan fingerprint density at radius 1 is 1.21 bits per heavy atom. The second-order valence-electron chi connectivity index (χ2n) is 6.76. The van der Waals surface area contributed by atoms with Crippen LogP contribution in [0, 0.1) is 11.2 Å². The van der Waals surface area contributed by atoms with E-state index in [0.29, 0.717) is 5.69 Å². The van der Waals surface area contributed by atoms with Gasteiger partial charge < -0.3 is 9.84 Å². The summed E-state index contributed by atoms with van der Waals surface area (Å²) in [6.07, 6.45) is 0.676. The number of phenolic OH excluding ortho intramolecular Hbond substituents is 1. The summed E-state index contributed by atoms with van der Waals surface area (Å²) in [6.45, 7) is 3.33. The molecule has 0 aliphatic carbocycles. The van der Waals surface area contributed by atoms with E-state index >= 15 is 0 Å². The molecular formula is C20H20BrFN2O5. The van der Waals surface area contributed by atoms with Crippen molar-refractivity contribution in [3.63, 3.8) is 0 Å². The van der Waals surface area contributed by atoms with Gasteiger partial charge in [-0.3, -0.25) is 15.3 Å². The molecule has 0 unspecified atom stereocenters. The molecule has 29 heavy (non-hydrogen) atoms. The number of hydroxylamine groups is 1. The molecular weight excluding hydrogens is 447 g/mol. The molecule has 0 saturated heterocycles. The predicted molar refractivity (Wildman–Crippen MR) is 108 cm³/mol. The molecule has 2 rings (SSSR count). The largest absolute Gasteiger partial charge is 0.505 e. The molecule has 7 nitrogen and oxygen atoms in total. The normalized spacial score (nSPS) is 12.4. The van der Waals surface area contributed by atoms with Gasteiger partial charge in [-0.2, -0.15) is 0 Å². The fourth-order valence-corrected chi connectivity index (χ4v) is 2.80. The van der Waals surface area contributed by atoms with Crippen LogP contribution in [0.3, 0.4) is 0 Å². The van der Waals surface area contributed by atoms with Crippen molar-refractivity contribution in [2.24, 2.45) is 5.41 Å². The minimum atomic E-state index is -1.02. The number of phenols is 1. The smallest absolute Gasteiger partial charge is 0.412 e. The second kappa shape index (κ2) is 9.53. The zero-order valence-electron chi connectivity index (χ0n) is 15.6. The molecule has 2 aromatic carbocycles. The van der Waals surface area contributed by atoms with Crippen LogP contribution in [0.5, 0.6) is 5.75 Å². The minimum absolute atomic E-state index is 0.269. The molecule has 0 bridgehead atoms. The Hall–Kier alpha value is -2.91. The van der Waals surface area contributed by atoms with Gasteiger partial charge in [0.05, 0.1) is 0 Å². The van der Waals surface area contributed by atoms with Crippen LogP contribution in [0.2, 0.25) is 0 Å². The van der Waals surface area contributed by atoms with Gasteiger partial charge in [0.1, 0.15) is 6.10 Å². The van der Waals surface area contributed by atoms with Crippen LogP contribution in [0.15, 0.2) is 59.1 Å². The Morgan fingerprint density at radius 2 is 1.86 bits per heavy atom. The maximum atomic E-state index is 13.9. The Kier molecular flexibility index (Phi) is 7.35. The first-order chi connectivity index (χ1) is 13.6. The first-order valence-corrected chi connectivity index (χ1v) is 9.26. The topological polar surface area (TPSA) is 108 Å². The summed E-state index contributed by atoms with van der Waals surface area (Å²) in [5.74, 6) is -2.19. The minimum Gasteiger partial charge on any atom is -0.505 e. The molecule has 0 saturated carbocycles. The van der Waals surface area contributed by atoms with Gasteiger partial charge in [-0.25, -0.2) is 14.7 Å². The molecule has 2 aromatic rings. The highest BCUT2D eigenvalue weighted by atomic mass is 79.9. The van der Waals surface area contributed by atoms with Crippen molar-refractivity contribution in [3.8, 4) is 5.75 Å². The van der Waals surface area contributed by atoms with Gasteiger partial charge in [-0.05, 0) is 42.0 Å². The number of ether oxygens (including phenoxy) is 1. The van der Waals surface area contributed by atoms with Gasteiger partial charge in [0.15, 0.2) is 11.6 Å². The lowest BCUT2D eigenvalue weighted by molar-refractivity contribution is -0.124. The highest BCUT2D eigenvalue weighted by molar-refractivity contribution is 9.10. The Balaban J connectivity index is 2.31. The maximum Gasteiger partial charge on any atom is 0.412 e. The van der Waals surface area contributed by atoms with Gasteiger partial charge in [0.25, 0.3) is 5.91 Å². The van der Waals surface area contributed by atoms with Gasteiger partial charge >= 0.3 is 6.09 Å². The van der Waals surface area contributed by atoms with E-state index in [1.165, 1.54) is 17.6 Å². The van der Waals surface area contributed by atoms with E-state index in [4.69, 9.17) is 9.94 Å². The van der Waals surface area contributed by atoms with Crippen molar-refractivity contribution in [1.29, 1.82) is 0 Å². The quantitative estimate of drug-likeness (QED) is 0.281. The van der Waals surface area contributed by atoms with Crippen molar-refractivity contribution in [1.82, 2.24) is 5.48 Å². The lowest BCUT2D eigenvalue weighted by Crippen LogP contribution is -2.28. The van der Waals surface area contributed by atoms with Crippen molar-refractivity contribution < 1.29 is 29.0 Å². The zero-order valence-corrected chi connectivity index (χ0v) is 17.2. The molecule has 0 aromatic heterocycles. The summed E-state index contributed by atoms with van der Waals surface area (Å²) in [5, 5.41) is 20.7. The number of anilines is 1. The number of carbonyl (C=O) groups is 2. The summed E-state index contributed by atoms with van der Waals surface area (Å²) < 4.78 is 20.3. The number of benzene rings is 2. The van der Waals surface area contributed by atoms with E-state index in [1.54, 1.807) is 38.1 Å². The zero-order chi connectivity index (χ0) is 21.6. The molecule has 0 radical (unpaired) electrons.